The number of halogens is 3. The Morgan fingerprint density at radius 3 is 2.42 bits per heavy atom. The van der Waals surface area contributed by atoms with Crippen LogP contribution in [-0.2, 0) is 0 Å². The molecule has 19 heavy (non-hydrogen) atoms. The molecule has 2 aromatic rings. The quantitative estimate of drug-likeness (QED) is 0.739. The first-order valence-electron chi connectivity index (χ1n) is 5.67. The number of ketones is 1. The maximum Gasteiger partial charge on any atom is 0.196 e. The molecule has 0 aliphatic carbocycles. The number of hydrogen-bond donors (Lipinski definition) is 0. The molecule has 0 amide bonds. The predicted octanol–water partition coefficient (Wildman–Crippen LogP) is 4.58. The van der Waals surface area contributed by atoms with Crippen molar-refractivity contribution >= 4 is 21.7 Å². The fourth-order valence-electron chi connectivity index (χ4n) is 1.83. The van der Waals surface area contributed by atoms with Crippen molar-refractivity contribution in [3.8, 4) is 0 Å². The molecule has 0 aromatic heterocycles. The van der Waals surface area contributed by atoms with Crippen LogP contribution in [0.3, 0.4) is 0 Å². The van der Waals surface area contributed by atoms with Crippen LogP contribution in [0.5, 0.6) is 0 Å². The number of hydrogen-bond acceptors (Lipinski definition) is 1. The molecular weight excluding hydrogens is 314 g/mol. The first-order valence-corrected chi connectivity index (χ1v) is 6.46. The van der Waals surface area contributed by atoms with Crippen LogP contribution in [0.25, 0.3) is 0 Å². The third-order valence-corrected chi connectivity index (χ3v) is 3.86. The molecule has 0 spiro atoms. The lowest BCUT2D eigenvalue weighted by Gasteiger charge is -2.08. The monoisotopic (exact) mass is 324 g/mol. The van der Waals surface area contributed by atoms with Crippen molar-refractivity contribution in [1.29, 1.82) is 0 Å². The average Bonchev–Trinajstić information content (AvgIpc) is 2.36. The van der Waals surface area contributed by atoms with E-state index in [1.807, 2.05) is 0 Å². The Labute approximate surface area is 118 Å². The van der Waals surface area contributed by atoms with Crippen LogP contribution < -0.4 is 0 Å². The molecule has 0 bridgehead atoms. The van der Waals surface area contributed by atoms with E-state index in [1.54, 1.807) is 25.1 Å². The molecule has 1 nitrogen and oxygen atoms in total. The summed E-state index contributed by atoms with van der Waals surface area (Å²) in [6, 6.07) is 7.13. The second kappa shape index (κ2) is 5.21. The zero-order valence-corrected chi connectivity index (χ0v) is 12.0. The molecule has 0 aliphatic heterocycles. The Morgan fingerprint density at radius 2 is 1.74 bits per heavy atom. The summed E-state index contributed by atoms with van der Waals surface area (Å²) in [5.41, 5.74) is 1.27. The Bertz CT molecular complexity index is 665. The topological polar surface area (TPSA) is 17.1 Å². The van der Waals surface area contributed by atoms with Gasteiger partial charge in [-0.2, -0.15) is 0 Å². The van der Waals surface area contributed by atoms with E-state index in [2.05, 4.69) is 15.9 Å². The molecular formula is C15H11BrF2O. The summed E-state index contributed by atoms with van der Waals surface area (Å²) in [4.78, 5) is 12.3. The average molecular weight is 325 g/mol. The van der Waals surface area contributed by atoms with Gasteiger partial charge in [0, 0.05) is 16.1 Å². The minimum absolute atomic E-state index is 0.111. The van der Waals surface area contributed by atoms with Gasteiger partial charge >= 0.3 is 0 Å². The lowest BCUT2D eigenvalue weighted by atomic mass is 9.97. The third-order valence-electron chi connectivity index (χ3n) is 3.01. The molecule has 2 aromatic carbocycles. The van der Waals surface area contributed by atoms with Gasteiger partial charge in [0.05, 0.1) is 5.56 Å². The van der Waals surface area contributed by atoms with Gasteiger partial charge in [0.15, 0.2) is 5.78 Å². The van der Waals surface area contributed by atoms with E-state index in [1.165, 1.54) is 13.0 Å². The summed E-state index contributed by atoms with van der Waals surface area (Å²) < 4.78 is 27.7. The minimum atomic E-state index is -0.840. The van der Waals surface area contributed by atoms with Gasteiger partial charge < -0.3 is 0 Å². The Balaban J connectivity index is 2.56. The fraction of sp³-hybridized carbons (Fsp3) is 0.133. The van der Waals surface area contributed by atoms with Crippen LogP contribution in [0.4, 0.5) is 8.78 Å². The first-order chi connectivity index (χ1) is 8.91. The number of rotatable bonds is 2. The van der Waals surface area contributed by atoms with E-state index in [9.17, 15) is 13.6 Å². The second-order valence-corrected chi connectivity index (χ2v) is 5.18. The number of carbonyl (C=O) groups excluding carboxylic acids is 1. The molecule has 0 atom stereocenters. The summed E-state index contributed by atoms with van der Waals surface area (Å²) >= 11 is 3.33. The van der Waals surface area contributed by atoms with E-state index >= 15 is 0 Å². The molecule has 4 heteroatoms. The number of benzene rings is 2. The van der Waals surface area contributed by atoms with Crippen molar-refractivity contribution in [2.45, 2.75) is 13.8 Å². The first kappa shape index (κ1) is 13.9. The molecule has 0 heterocycles. The van der Waals surface area contributed by atoms with E-state index in [0.29, 0.717) is 5.56 Å². The Kier molecular flexibility index (Phi) is 3.80. The zero-order valence-electron chi connectivity index (χ0n) is 10.4. The van der Waals surface area contributed by atoms with Gasteiger partial charge in [0.2, 0.25) is 0 Å². The van der Waals surface area contributed by atoms with Crippen LogP contribution >= 0.6 is 15.9 Å². The molecule has 0 N–H and O–H groups in total. The molecule has 0 saturated heterocycles. The van der Waals surface area contributed by atoms with Gasteiger partial charge in [-0.15, -0.1) is 0 Å². The van der Waals surface area contributed by atoms with Gasteiger partial charge in [0.25, 0.3) is 0 Å². The second-order valence-electron chi connectivity index (χ2n) is 4.32. The maximum atomic E-state index is 13.7. The molecule has 98 valence electrons. The number of aryl methyl sites for hydroxylation is 1. The summed E-state index contributed by atoms with van der Waals surface area (Å²) in [5, 5.41) is 0. The van der Waals surface area contributed by atoms with Gasteiger partial charge in [-0.3, -0.25) is 4.79 Å². The van der Waals surface area contributed by atoms with Crippen LogP contribution in [0.2, 0.25) is 0 Å². The van der Waals surface area contributed by atoms with Gasteiger partial charge in [-0.05, 0) is 37.1 Å². The fourth-order valence-corrected chi connectivity index (χ4v) is 2.20. The standard InChI is InChI=1S/C15H11BrF2O/c1-8-6-11(14(18)7-13(8)17)15(19)10-4-3-5-12(16)9(10)2/h3-7H,1-2H3. The lowest BCUT2D eigenvalue weighted by molar-refractivity contribution is 0.103. The van der Waals surface area contributed by atoms with Crippen molar-refractivity contribution in [3.63, 3.8) is 0 Å². The van der Waals surface area contributed by atoms with Crippen molar-refractivity contribution in [2.75, 3.05) is 0 Å². The summed E-state index contributed by atoms with van der Waals surface area (Å²) in [6.45, 7) is 3.27. The van der Waals surface area contributed by atoms with E-state index in [4.69, 9.17) is 0 Å². The molecule has 0 radical (unpaired) electrons. The van der Waals surface area contributed by atoms with E-state index in [-0.39, 0.29) is 11.1 Å². The van der Waals surface area contributed by atoms with Gasteiger partial charge in [-0.25, -0.2) is 8.78 Å². The predicted molar refractivity (Wildman–Crippen MR) is 73.4 cm³/mol. The van der Waals surface area contributed by atoms with E-state index < -0.39 is 17.4 Å². The minimum Gasteiger partial charge on any atom is -0.288 e. The highest BCUT2D eigenvalue weighted by Gasteiger charge is 2.18. The largest absolute Gasteiger partial charge is 0.288 e. The van der Waals surface area contributed by atoms with Gasteiger partial charge in [0.1, 0.15) is 11.6 Å². The number of carbonyl (C=O) groups is 1. The van der Waals surface area contributed by atoms with Crippen LogP contribution in [0.15, 0.2) is 34.8 Å². The smallest absolute Gasteiger partial charge is 0.196 e. The molecule has 0 fully saturated rings. The lowest BCUT2D eigenvalue weighted by Crippen LogP contribution is -2.08. The SMILES string of the molecule is Cc1cc(C(=O)c2cccc(Br)c2C)c(F)cc1F. The van der Waals surface area contributed by atoms with Crippen LogP contribution in [-0.4, -0.2) is 5.78 Å². The van der Waals surface area contributed by atoms with Crippen LogP contribution in [0.1, 0.15) is 27.0 Å². The Hall–Kier alpha value is -1.55. The van der Waals surface area contributed by atoms with Crippen molar-refractivity contribution < 1.29 is 13.6 Å². The van der Waals surface area contributed by atoms with Gasteiger partial charge in [-0.1, -0.05) is 28.1 Å². The normalized spacial score (nSPS) is 10.6. The third kappa shape index (κ3) is 2.59. The maximum absolute atomic E-state index is 13.7. The molecule has 0 aliphatic rings. The van der Waals surface area contributed by atoms with E-state index in [0.717, 1.165) is 16.1 Å². The summed E-state index contributed by atoms with van der Waals surface area (Å²) in [6.07, 6.45) is 0. The van der Waals surface area contributed by atoms with Crippen molar-refractivity contribution in [3.05, 3.63) is 68.7 Å². The van der Waals surface area contributed by atoms with Crippen molar-refractivity contribution in [2.24, 2.45) is 0 Å². The Morgan fingerprint density at radius 1 is 1.05 bits per heavy atom. The van der Waals surface area contributed by atoms with Crippen LogP contribution in [0, 0.1) is 25.5 Å². The zero-order chi connectivity index (χ0) is 14.2. The molecule has 2 rings (SSSR count). The summed E-state index contributed by atoms with van der Waals surface area (Å²) in [7, 11) is 0. The highest BCUT2D eigenvalue weighted by atomic mass is 79.9. The highest BCUT2D eigenvalue weighted by Crippen LogP contribution is 2.24. The summed E-state index contributed by atoms with van der Waals surface area (Å²) in [5.74, 6) is -1.94. The molecule has 0 saturated carbocycles. The molecule has 0 unspecified atom stereocenters. The van der Waals surface area contributed by atoms with Crippen molar-refractivity contribution in [1.82, 2.24) is 0 Å². The highest BCUT2D eigenvalue weighted by molar-refractivity contribution is 9.10.